The number of hydrogen-bond acceptors (Lipinski definition) is 2. The highest BCUT2D eigenvalue weighted by molar-refractivity contribution is 6.31. The molecule has 0 bridgehead atoms. The van der Waals surface area contributed by atoms with Gasteiger partial charge in [0, 0.05) is 22.5 Å². The van der Waals surface area contributed by atoms with E-state index in [2.05, 4.69) is 12.2 Å². The molecule has 1 heterocycles. The molecule has 0 aliphatic carbocycles. The van der Waals surface area contributed by atoms with Crippen molar-refractivity contribution >= 4 is 11.6 Å². The van der Waals surface area contributed by atoms with Gasteiger partial charge in [-0.3, -0.25) is 0 Å². The Balaban J connectivity index is 2.10. The highest BCUT2D eigenvalue weighted by Gasteiger charge is 2.29. The summed E-state index contributed by atoms with van der Waals surface area (Å²) in [6, 6.07) is 5.03. The minimum absolute atomic E-state index is 0.198. The van der Waals surface area contributed by atoms with Gasteiger partial charge >= 0.3 is 0 Å². The van der Waals surface area contributed by atoms with Crippen molar-refractivity contribution < 1.29 is 9.13 Å². The molecule has 3 atom stereocenters. The maximum Gasteiger partial charge on any atom is 0.127 e. The summed E-state index contributed by atoms with van der Waals surface area (Å²) in [4.78, 5) is 0. The molecular weight excluding hydrogens is 253 g/mol. The minimum atomic E-state index is -0.227. The summed E-state index contributed by atoms with van der Waals surface area (Å²) < 4.78 is 19.3. The standard InChI is InChI=1S/C14H19ClFNO/c1-9-6-10(8-18-9)14(17-2)7-11-12(15)4-3-5-13(11)16/h3-5,9-10,14,17H,6-8H2,1-2H3. The Morgan fingerprint density at radius 3 is 2.89 bits per heavy atom. The molecular formula is C14H19ClFNO. The summed E-state index contributed by atoms with van der Waals surface area (Å²) in [7, 11) is 1.91. The lowest BCUT2D eigenvalue weighted by molar-refractivity contribution is 0.117. The Morgan fingerprint density at radius 2 is 2.33 bits per heavy atom. The lowest BCUT2D eigenvalue weighted by Gasteiger charge is -2.22. The summed E-state index contributed by atoms with van der Waals surface area (Å²) in [5.74, 6) is 0.190. The van der Waals surface area contributed by atoms with E-state index in [9.17, 15) is 4.39 Å². The van der Waals surface area contributed by atoms with E-state index in [-0.39, 0.29) is 11.9 Å². The smallest absolute Gasteiger partial charge is 0.127 e. The number of rotatable bonds is 4. The van der Waals surface area contributed by atoms with Crippen LogP contribution in [0.3, 0.4) is 0 Å². The topological polar surface area (TPSA) is 21.3 Å². The number of likely N-dealkylation sites (N-methyl/N-ethyl adjacent to an activating group) is 1. The number of benzene rings is 1. The van der Waals surface area contributed by atoms with Crippen LogP contribution in [0.1, 0.15) is 18.9 Å². The van der Waals surface area contributed by atoms with Crippen molar-refractivity contribution in [2.75, 3.05) is 13.7 Å². The molecule has 0 amide bonds. The molecule has 2 nitrogen and oxygen atoms in total. The molecule has 0 spiro atoms. The van der Waals surface area contributed by atoms with Crippen LogP contribution in [0.15, 0.2) is 18.2 Å². The Morgan fingerprint density at radius 1 is 1.56 bits per heavy atom. The van der Waals surface area contributed by atoms with Crippen LogP contribution in [0, 0.1) is 11.7 Å². The van der Waals surface area contributed by atoms with Crippen LogP contribution in [-0.2, 0) is 11.2 Å². The predicted octanol–water partition coefficient (Wildman–Crippen LogP) is 3.03. The fourth-order valence-electron chi connectivity index (χ4n) is 2.58. The van der Waals surface area contributed by atoms with Gasteiger partial charge < -0.3 is 10.1 Å². The lowest BCUT2D eigenvalue weighted by Crippen LogP contribution is -2.36. The first kappa shape index (κ1) is 13.8. The van der Waals surface area contributed by atoms with Crippen molar-refractivity contribution in [1.29, 1.82) is 0 Å². The van der Waals surface area contributed by atoms with E-state index in [1.54, 1.807) is 12.1 Å². The third-order valence-electron chi connectivity index (χ3n) is 3.66. The van der Waals surface area contributed by atoms with Gasteiger partial charge in [-0.1, -0.05) is 17.7 Å². The summed E-state index contributed by atoms with van der Waals surface area (Å²) >= 11 is 6.07. The van der Waals surface area contributed by atoms with Crippen molar-refractivity contribution in [3.05, 3.63) is 34.6 Å². The highest BCUT2D eigenvalue weighted by Crippen LogP contribution is 2.27. The fraction of sp³-hybridized carbons (Fsp3) is 0.571. The van der Waals surface area contributed by atoms with Crippen LogP contribution in [0.5, 0.6) is 0 Å². The molecule has 1 fully saturated rings. The monoisotopic (exact) mass is 271 g/mol. The molecule has 1 saturated heterocycles. The third-order valence-corrected chi connectivity index (χ3v) is 4.01. The van der Waals surface area contributed by atoms with E-state index >= 15 is 0 Å². The van der Waals surface area contributed by atoms with E-state index in [0.717, 1.165) is 13.0 Å². The maximum atomic E-state index is 13.8. The van der Waals surface area contributed by atoms with Crippen molar-refractivity contribution in [3.63, 3.8) is 0 Å². The van der Waals surface area contributed by atoms with Crippen LogP contribution in [0.2, 0.25) is 5.02 Å². The predicted molar refractivity (Wildman–Crippen MR) is 71.5 cm³/mol. The molecule has 1 aromatic carbocycles. The van der Waals surface area contributed by atoms with Gasteiger partial charge in [-0.2, -0.15) is 0 Å². The van der Waals surface area contributed by atoms with E-state index < -0.39 is 0 Å². The number of hydrogen-bond donors (Lipinski definition) is 1. The molecule has 1 aliphatic rings. The van der Waals surface area contributed by atoms with Crippen LogP contribution in [-0.4, -0.2) is 25.8 Å². The van der Waals surface area contributed by atoms with Gasteiger partial charge in [0.1, 0.15) is 5.82 Å². The zero-order valence-corrected chi connectivity index (χ0v) is 11.5. The molecule has 100 valence electrons. The van der Waals surface area contributed by atoms with Gasteiger partial charge in [0.2, 0.25) is 0 Å². The van der Waals surface area contributed by atoms with E-state index in [0.29, 0.717) is 29.0 Å². The van der Waals surface area contributed by atoms with Gasteiger partial charge in [-0.25, -0.2) is 4.39 Å². The van der Waals surface area contributed by atoms with Gasteiger partial charge in [-0.05, 0) is 38.9 Å². The van der Waals surface area contributed by atoms with Gasteiger partial charge in [0.15, 0.2) is 0 Å². The first-order valence-electron chi connectivity index (χ1n) is 6.33. The Labute approximate surface area is 112 Å². The Hall–Kier alpha value is -0.640. The fourth-order valence-corrected chi connectivity index (χ4v) is 2.82. The van der Waals surface area contributed by atoms with Crippen LogP contribution in [0.25, 0.3) is 0 Å². The second-order valence-corrected chi connectivity index (χ2v) is 5.35. The number of nitrogens with one attached hydrogen (secondary N) is 1. The van der Waals surface area contributed by atoms with Gasteiger partial charge in [0.05, 0.1) is 12.7 Å². The summed E-state index contributed by atoms with van der Waals surface area (Å²) in [5, 5.41) is 3.76. The third kappa shape index (κ3) is 3.02. The highest BCUT2D eigenvalue weighted by atomic mass is 35.5. The lowest BCUT2D eigenvalue weighted by atomic mass is 9.91. The average molecular weight is 272 g/mol. The molecule has 4 heteroatoms. The van der Waals surface area contributed by atoms with Crippen LogP contribution in [0.4, 0.5) is 4.39 Å². The normalized spacial score (nSPS) is 25.3. The Bertz CT molecular complexity index is 393. The largest absolute Gasteiger partial charge is 0.378 e. The second-order valence-electron chi connectivity index (χ2n) is 4.94. The number of halogens is 2. The first-order chi connectivity index (χ1) is 8.61. The molecule has 0 saturated carbocycles. The van der Waals surface area contributed by atoms with Crippen LogP contribution >= 0.6 is 11.6 Å². The molecule has 1 aromatic rings. The number of ether oxygens (including phenoxy) is 1. The molecule has 3 unspecified atom stereocenters. The van der Waals surface area contributed by atoms with Crippen molar-refractivity contribution in [2.24, 2.45) is 5.92 Å². The quantitative estimate of drug-likeness (QED) is 0.909. The molecule has 2 rings (SSSR count). The SMILES string of the molecule is CNC(Cc1c(F)cccc1Cl)C1COC(C)C1. The molecule has 1 N–H and O–H groups in total. The van der Waals surface area contributed by atoms with Gasteiger partial charge in [-0.15, -0.1) is 0 Å². The van der Waals surface area contributed by atoms with Crippen LogP contribution < -0.4 is 5.32 Å². The summed E-state index contributed by atoms with van der Waals surface area (Å²) in [6.45, 7) is 2.81. The van der Waals surface area contributed by atoms with Crippen molar-refractivity contribution in [3.8, 4) is 0 Å². The minimum Gasteiger partial charge on any atom is -0.378 e. The van der Waals surface area contributed by atoms with Crippen molar-refractivity contribution in [2.45, 2.75) is 31.9 Å². The van der Waals surface area contributed by atoms with E-state index in [1.165, 1.54) is 6.07 Å². The zero-order valence-electron chi connectivity index (χ0n) is 10.7. The zero-order chi connectivity index (χ0) is 13.1. The van der Waals surface area contributed by atoms with E-state index in [1.807, 2.05) is 7.05 Å². The van der Waals surface area contributed by atoms with Gasteiger partial charge in [0.25, 0.3) is 0 Å². The molecule has 0 aromatic heterocycles. The Kier molecular flexibility index (Phi) is 4.60. The second kappa shape index (κ2) is 6.00. The van der Waals surface area contributed by atoms with E-state index in [4.69, 9.17) is 16.3 Å². The maximum absolute atomic E-state index is 13.8. The summed E-state index contributed by atoms with van der Waals surface area (Å²) in [6.07, 6.45) is 1.90. The molecule has 0 radical (unpaired) electrons. The van der Waals surface area contributed by atoms with Crippen molar-refractivity contribution in [1.82, 2.24) is 5.32 Å². The molecule has 1 aliphatic heterocycles. The average Bonchev–Trinajstić information content (AvgIpc) is 2.76. The first-order valence-corrected chi connectivity index (χ1v) is 6.71. The molecule has 18 heavy (non-hydrogen) atoms. The summed E-state index contributed by atoms with van der Waals surface area (Å²) in [5.41, 5.74) is 0.595.